The van der Waals surface area contributed by atoms with Gasteiger partial charge in [-0.2, -0.15) is 0 Å². The largest absolute Gasteiger partial charge is 0.458 e. The van der Waals surface area contributed by atoms with Crippen molar-refractivity contribution in [2.45, 2.75) is 161 Å². The van der Waals surface area contributed by atoms with Crippen LogP contribution < -0.4 is 0 Å². The number of esters is 2. The fourth-order valence-electron chi connectivity index (χ4n) is 9.92. The van der Waals surface area contributed by atoms with Crippen LogP contribution in [0.15, 0.2) is 42.9 Å². The zero-order valence-electron chi connectivity index (χ0n) is 38.7. The lowest BCUT2D eigenvalue weighted by Gasteiger charge is -2.47. The van der Waals surface area contributed by atoms with Crippen molar-refractivity contribution >= 4 is 23.8 Å². The number of carbonyl (C=O) groups excluding carboxylic acids is 4. The zero-order chi connectivity index (χ0) is 45.8. The normalized spacial score (nSPS) is 35.9. The number of hydrogen-bond acceptors (Lipinski definition) is 15. The average molecular weight is 881 g/mol. The summed E-state index contributed by atoms with van der Waals surface area (Å²) < 4.78 is 46.9. The number of amides is 1. The second-order valence-corrected chi connectivity index (χ2v) is 18.6. The summed E-state index contributed by atoms with van der Waals surface area (Å²) in [5.41, 5.74) is -0.322. The summed E-state index contributed by atoms with van der Waals surface area (Å²) in [6.07, 6.45) is 2.67. The van der Waals surface area contributed by atoms with Crippen LogP contribution in [0.25, 0.3) is 11.3 Å². The van der Waals surface area contributed by atoms with Crippen molar-refractivity contribution in [1.29, 1.82) is 0 Å². The van der Waals surface area contributed by atoms with E-state index in [1.54, 1.807) is 35.8 Å². The predicted octanol–water partition coefficient (Wildman–Crippen LogP) is 5.41. The van der Waals surface area contributed by atoms with Crippen molar-refractivity contribution in [2.75, 3.05) is 33.9 Å². The molecular formula is C46H68N6O11. The minimum absolute atomic E-state index is 0.0993. The molecule has 4 aliphatic rings. The molecule has 2 bridgehead atoms. The van der Waals surface area contributed by atoms with Crippen molar-refractivity contribution in [3.63, 3.8) is 0 Å². The number of ketones is 1. The van der Waals surface area contributed by atoms with Gasteiger partial charge < -0.3 is 43.0 Å². The van der Waals surface area contributed by atoms with Gasteiger partial charge in [-0.1, -0.05) is 32.6 Å². The topological polar surface area (TPSA) is 183 Å². The molecular weight excluding hydrogens is 813 g/mol. The van der Waals surface area contributed by atoms with Gasteiger partial charge in [0.05, 0.1) is 61.3 Å². The van der Waals surface area contributed by atoms with E-state index in [0.29, 0.717) is 50.0 Å². The lowest BCUT2D eigenvalue weighted by molar-refractivity contribution is -0.296. The molecule has 2 aromatic rings. The van der Waals surface area contributed by atoms with E-state index in [1.165, 1.54) is 6.92 Å². The molecule has 6 rings (SSSR count). The maximum absolute atomic E-state index is 15.0. The summed E-state index contributed by atoms with van der Waals surface area (Å²) in [6, 6.07) is 2.77. The van der Waals surface area contributed by atoms with Crippen LogP contribution in [-0.2, 0) is 54.1 Å². The Morgan fingerprint density at radius 1 is 1.05 bits per heavy atom. The monoisotopic (exact) mass is 880 g/mol. The molecule has 2 aromatic heterocycles. The maximum atomic E-state index is 15.0. The second-order valence-electron chi connectivity index (χ2n) is 18.6. The Morgan fingerprint density at radius 2 is 1.79 bits per heavy atom. The van der Waals surface area contributed by atoms with E-state index in [9.17, 15) is 19.2 Å². The Bertz CT molecular complexity index is 1930. The summed E-state index contributed by atoms with van der Waals surface area (Å²) >= 11 is 0. The number of nitrogens with zero attached hydrogens (tertiary/aromatic N) is 6. The lowest BCUT2D eigenvalue weighted by atomic mass is 9.74. The number of hydrogen-bond donors (Lipinski definition) is 0. The van der Waals surface area contributed by atoms with Gasteiger partial charge in [-0.3, -0.25) is 24.0 Å². The van der Waals surface area contributed by atoms with Crippen LogP contribution >= 0.6 is 0 Å². The quantitative estimate of drug-likeness (QED) is 0.121. The van der Waals surface area contributed by atoms with Crippen LogP contribution in [-0.4, -0.2) is 148 Å². The van der Waals surface area contributed by atoms with E-state index in [2.05, 4.69) is 21.9 Å². The summed E-state index contributed by atoms with van der Waals surface area (Å²) in [5, 5.41) is 8.57. The summed E-state index contributed by atoms with van der Waals surface area (Å²) in [6.45, 7) is 19.5. The number of Topliss-reactive ketones (excluding diaryl/α,β-unsaturated/α-hetero) is 1. The number of pyridine rings is 1. The molecule has 13 atom stereocenters. The van der Waals surface area contributed by atoms with Gasteiger partial charge in [-0.05, 0) is 91.6 Å². The number of ether oxygens (including phenoxy) is 7. The smallest absolute Gasteiger partial charge is 0.410 e. The van der Waals surface area contributed by atoms with Gasteiger partial charge in [0.15, 0.2) is 18.0 Å². The molecule has 0 aromatic carbocycles. The number of rotatable bonds is 11. The van der Waals surface area contributed by atoms with Crippen molar-refractivity contribution in [1.82, 2.24) is 29.8 Å². The van der Waals surface area contributed by atoms with Crippen molar-refractivity contribution in [3.05, 3.63) is 42.9 Å². The number of aromatic nitrogens is 4. The second kappa shape index (κ2) is 20.3. The number of likely N-dealkylation sites (N-methyl/N-ethyl adjacent to an activating group) is 1. The molecule has 1 amide bonds. The van der Waals surface area contributed by atoms with Crippen LogP contribution in [0.2, 0.25) is 0 Å². The highest BCUT2D eigenvalue weighted by Gasteiger charge is 2.60. The first kappa shape index (κ1) is 48.2. The highest BCUT2D eigenvalue weighted by atomic mass is 16.7. The summed E-state index contributed by atoms with van der Waals surface area (Å²) in [7, 11) is 3.84. The third-order valence-electron chi connectivity index (χ3n) is 13.4. The van der Waals surface area contributed by atoms with Crippen molar-refractivity contribution in [3.8, 4) is 11.3 Å². The van der Waals surface area contributed by atoms with Crippen molar-refractivity contribution < 1.29 is 52.3 Å². The molecule has 17 nitrogen and oxygen atoms in total. The van der Waals surface area contributed by atoms with Gasteiger partial charge in [0.25, 0.3) is 0 Å². The first-order chi connectivity index (χ1) is 29.8. The van der Waals surface area contributed by atoms with Gasteiger partial charge in [0, 0.05) is 56.2 Å². The Hall–Kier alpha value is -4.29. The minimum Gasteiger partial charge on any atom is -0.458 e. The van der Waals surface area contributed by atoms with E-state index >= 15 is 0 Å². The molecule has 4 aliphatic heterocycles. The molecule has 0 saturated carbocycles. The zero-order valence-corrected chi connectivity index (χ0v) is 38.7. The third kappa shape index (κ3) is 10.8. The molecule has 17 heteroatoms. The number of fused-ring (bicyclic) bond motifs is 4. The SMILES string of the molecule is C=C1CO[C@@H]2C[C@@H](OC3O[C@H](C)C[C@H](N(C)C)[C@H]3OC(C)=O)[C@](C)(C[C@@H](C)C(=O)[C@H](C)C3N(CCCCn4cc(-c5cccnc5)nn4)C(=O)OC3(C)[C@@H](CC)OC(=O)[C@@H]2C)OC1. The Kier molecular flexibility index (Phi) is 15.5. The highest BCUT2D eigenvalue weighted by molar-refractivity contribution is 5.85. The average Bonchev–Trinajstić information content (AvgIpc) is 3.83. The standard InChI is InChI=1S/C46H68N6O11/c1-12-37-46(9)41(52(44(56)63-46)19-14-13-18-51-24-34(48-49-51)33-16-15-17-47-23-33)31(6)39(54)28(3)22-45(8)38(21-36(30(5)42(55)61-37)57-25-27(2)26-58-45)62-43-40(60-32(7)53)35(50(10)11)20-29(4)59-43/h15-17,23-24,28-31,35-38,40-41,43H,2,12-14,18-22,25-26H2,1,3-11H3/t28-,29-,30-,31+,35+,36-,37-,38-,40-,41?,43?,45+,46?/m1/s1. The molecule has 4 fully saturated rings. The van der Waals surface area contributed by atoms with Crippen LogP contribution in [0.1, 0.15) is 93.9 Å². The van der Waals surface area contributed by atoms with Crippen LogP contribution in [0.5, 0.6) is 0 Å². The number of cyclic esters (lactones) is 1. The summed E-state index contributed by atoms with van der Waals surface area (Å²) in [4.78, 5) is 63.7. The van der Waals surface area contributed by atoms with E-state index in [0.717, 1.165) is 5.56 Å². The van der Waals surface area contributed by atoms with Gasteiger partial charge in [-0.15, -0.1) is 5.10 Å². The first-order valence-electron chi connectivity index (χ1n) is 22.5. The van der Waals surface area contributed by atoms with Gasteiger partial charge in [-0.25, -0.2) is 4.79 Å². The van der Waals surface area contributed by atoms with Gasteiger partial charge in [0.1, 0.15) is 17.6 Å². The van der Waals surface area contributed by atoms with Crippen LogP contribution in [0, 0.1) is 17.8 Å². The molecule has 0 radical (unpaired) electrons. The molecule has 0 aliphatic carbocycles. The number of carbonyl (C=O) groups is 4. The Morgan fingerprint density at radius 3 is 2.48 bits per heavy atom. The number of unbranched alkanes of at least 4 members (excludes halogenated alkanes) is 1. The fourth-order valence-corrected chi connectivity index (χ4v) is 9.92. The molecule has 4 saturated heterocycles. The molecule has 6 heterocycles. The van der Waals surface area contributed by atoms with Crippen LogP contribution in [0.4, 0.5) is 4.79 Å². The molecule has 348 valence electrons. The Balaban J connectivity index is 1.31. The van der Waals surface area contributed by atoms with E-state index < -0.39 is 83.7 Å². The van der Waals surface area contributed by atoms with Gasteiger partial charge >= 0.3 is 18.0 Å². The molecule has 63 heavy (non-hydrogen) atoms. The molecule has 3 unspecified atom stereocenters. The minimum atomic E-state index is -1.36. The Labute approximate surface area is 371 Å². The number of aryl methyl sites for hydroxylation is 1. The highest BCUT2D eigenvalue weighted by Crippen LogP contribution is 2.43. The van der Waals surface area contributed by atoms with Gasteiger partial charge in [0.2, 0.25) is 0 Å². The lowest BCUT2D eigenvalue weighted by Crippen LogP contribution is -2.60. The van der Waals surface area contributed by atoms with E-state index in [-0.39, 0.29) is 44.0 Å². The van der Waals surface area contributed by atoms with E-state index in [4.69, 9.17) is 33.2 Å². The van der Waals surface area contributed by atoms with E-state index in [1.807, 2.05) is 71.9 Å². The van der Waals surface area contributed by atoms with Crippen LogP contribution in [0.3, 0.4) is 0 Å². The molecule has 0 spiro atoms. The summed E-state index contributed by atoms with van der Waals surface area (Å²) in [5.74, 6) is -3.33. The first-order valence-corrected chi connectivity index (χ1v) is 22.5. The van der Waals surface area contributed by atoms with Crippen molar-refractivity contribution in [2.24, 2.45) is 17.8 Å². The third-order valence-corrected chi connectivity index (χ3v) is 13.4. The predicted molar refractivity (Wildman–Crippen MR) is 230 cm³/mol. The fraction of sp³-hybridized carbons (Fsp3) is 0.717. The molecule has 0 N–H and O–H groups in total. The maximum Gasteiger partial charge on any atom is 0.410 e.